The van der Waals surface area contributed by atoms with E-state index in [0.717, 1.165) is 0 Å². The molecule has 0 unspecified atom stereocenters. The summed E-state index contributed by atoms with van der Waals surface area (Å²) in [7, 11) is 0. The summed E-state index contributed by atoms with van der Waals surface area (Å²) in [5, 5.41) is 8.73. The molecule has 0 fully saturated rings. The Bertz CT molecular complexity index is 335. The number of aliphatic carboxylic acids is 1. The molecule has 0 aliphatic carbocycles. The van der Waals surface area contributed by atoms with E-state index < -0.39 is 5.97 Å². The highest BCUT2D eigenvalue weighted by Gasteiger charge is 2.13. The number of carbonyl (C=O) groups is 1. The quantitative estimate of drug-likeness (QED) is 0.829. The van der Waals surface area contributed by atoms with E-state index in [2.05, 4.69) is 0 Å². The fourth-order valence-corrected chi connectivity index (χ4v) is 1.35. The molecule has 1 N–H and O–H groups in total. The molecule has 0 bridgehead atoms. The van der Waals surface area contributed by atoms with E-state index >= 15 is 0 Å². The number of nitrogens with zero attached hydrogens (tertiary/aromatic N) is 1. The Kier molecular flexibility index (Phi) is 3.66. The van der Waals surface area contributed by atoms with Crippen LogP contribution in [0.5, 0.6) is 0 Å². The summed E-state index contributed by atoms with van der Waals surface area (Å²) < 4.78 is 12.7. The second-order valence-corrected chi connectivity index (χ2v) is 3.59. The van der Waals surface area contributed by atoms with Crippen LogP contribution in [-0.4, -0.2) is 23.7 Å². The highest BCUT2D eigenvalue weighted by atomic mass is 19.1. The van der Waals surface area contributed by atoms with Gasteiger partial charge in [0.05, 0.1) is 0 Å². The molecule has 15 heavy (non-hydrogen) atoms. The molecule has 0 heterocycles. The molecule has 0 saturated carbocycles. The van der Waals surface area contributed by atoms with Crippen LogP contribution in [0.3, 0.4) is 0 Å². The molecule has 1 aromatic carbocycles. The van der Waals surface area contributed by atoms with E-state index in [1.165, 1.54) is 12.1 Å². The van der Waals surface area contributed by atoms with Crippen molar-refractivity contribution in [2.75, 3.05) is 11.4 Å². The van der Waals surface area contributed by atoms with E-state index in [0.29, 0.717) is 5.69 Å². The zero-order valence-electron chi connectivity index (χ0n) is 8.77. The van der Waals surface area contributed by atoms with Crippen molar-refractivity contribution < 1.29 is 14.3 Å². The van der Waals surface area contributed by atoms with Gasteiger partial charge >= 0.3 is 5.97 Å². The van der Waals surface area contributed by atoms with Gasteiger partial charge in [0.1, 0.15) is 12.4 Å². The Balaban J connectivity index is 2.88. The Hall–Kier alpha value is -1.58. The predicted molar refractivity (Wildman–Crippen MR) is 56.5 cm³/mol. The molecule has 3 nitrogen and oxygen atoms in total. The van der Waals surface area contributed by atoms with Gasteiger partial charge < -0.3 is 10.0 Å². The van der Waals surface area contributed by atoms with Crippen LogP contribution in [0.1, 0.15) is 13.8 Å². The van der Waals surface area contributed by atoms with Crippen LogP contribution in [0.2, 0.25) is 0 Å². The first-order valence-electron chi connectivity index (χ1n) is 4.74. The zero-order valence-corrected chi connectivity index (χ0v) is 8.77. The molecule has 0 aromatic heterocycles. The van der Waals surface area contributed by atoms with Crippen LogP contribution >= 0.6 is 0 Å². The van der Waals surface area contributed by atoms with Gasteiger partial charge in [-0.2, -0.15) is 0 Å². The van der Waals surface area contributed by atoms with Crippen molar-refractivity contribution in [1.82, 2.24) is 0 Å². The van der Waals surface area contributed by atoms with Gasteiger partial charge in [-0.05, 0) is 38.1 Å². The van der Waals surface area contributed by atoms with Gasteiger partial charge in [-0.3, -0.25) is 4.79 Å². The largest absolute Gasteiger partial charge is 0.480 e. The second kappa shape index (κ2) is 4.77. The molecule has 1 aromatic rings. The molecular formula is C11H14FNO2. The molecule has 4 heteroatoms. The van der Waals surface area contributed by atoms with Gasteiger partial charge in [0.25, 0.3) is 0 Å². The standard InChI is InChI=1S/C11H14FNO2/c1-8(2)13(7-11(14)15)10-5-3-9(12)4-6-10/h3-6,8H,7H2,1-2H3,(H,14,15). The van der Waals surface area contributed by atoms with Crippen LogP contribution in [0.4, 0.5) is 10.1 Å². The average molecular weight is 211 g/mol. The number of carboxylic acids is 1. The van der Waals surface area contributed by atoms with Crippen molar-refractivity contribution in [3.8, 4) is 0 Å². The molecule has 0 atom stereocenters. The van der Waals surface area contributed by atoms with Gasteiger partial charge in [-0.25, -0.2) is 4.39 Å². The average Bonchev–Trinajstić information content (AvgIpc) is 2.15. The molecular weight excluding hydrogens is 197 g/mol. The smallest absolute Gasteiger partial charge is 0.323 e. The summed E-state index contributed by atoms with van der Waals surface area (Å²) in [6.07, 6.45) is 0. The fourth-order valence-electron chi connectivity index (χ4n) is 1.35. The minimum absolute atomic E-state index is 0.0616. The number of rotatable bonds is 4. The third kappa shape index (κ3) is 3.23. The van der Waals surface area contributed by atoms with Crippen molar-refractivity contribution in [3.05, 3.63) is 30.1 Å². The molecule has 0 amide bonds. The third-order valence-corrected chi connectivity index (χ3v) is 2.09. The summed E-state index contributed by atoms with van der Waals surface area (Å²) in [4.78, 5) is 12.3. The molecule has 0 aliphatic rings. The molecule has 0 saturated heterocycles. The molecule has 0 radical (unpaired) electrons. The third-order valence-electron chi connectivity index (χ3n) is 2.09. The topological polar surface area (TPSA) is 40.5 Å². The maximum absolute atomic E-state index is 12.7. The van der Waals surface area contributed by atoms with Gasteiger partial charge in [0.15, 0.2) is 0 Å². The number of hydrogen-bond donors (Lipinski definition) is 1. The Labute approximate surface area is 88.1 Å². The van der Waals surface area contributed by atoms with Crippen LogP contribution in [0, 0.1) is 5.82 Å². The maximum atomic E-state index is 12.7. The monoisotopic (exact) mass is 211 g/mol. The van der Waals surface area contributed by atoms with E-state index in [1.54, 1.807) is 17.0 Å². The SMILES string of the molecule is CC(C)N(CC(=O)O)c1ccc(F)cc1. The first-order valence-corrected chi connectivity index (χ1v) is 4.74. The Morgan fingerprint density at radius 2 is 1.93 bits per heavy atom. The minimum atomic E-state index is -0.895. The van der Waals surface area contributed by atoms with Crippen molar-refractivity contribution >= 4 is 11.7 Å². The van der Waals surface area contributed by atoms with Crippen molar-refractivity contribution in [2.45, 2.75) is 19.9 Å². The summed E-state index contributed by atoms with van der Waals surface area (Å²) in [5.41, 5.74) is 0.716. The molecule has 82 valence electrons. The zero-order chi connectivity index (χ0) is 11.4. The molecule has 1 rings (SSSR count). The first kappa shape index (κ1) is 11.5. The summed E-state index contributed by atoms with van der Waals surface area (Å²) in [6.45, 7) is 3.71. The van der Waals surface area contributed by atoms with E-state index in [9.17, 15) is 9.18 Å². The first-order chi connectivity index (χ1) is 7.00. The van der Waals surface area contributed by atoms with Crippen LogP contribution in [-0.2, 0) is 4.79 Å². The van der Waals surface area contributed by atoms with Crippen LogP contribution in [0.15, 0.2) is 24.3 Å². The number of anilines is 1. The van der Waals surface area contributed by atoms with E-state index in [1.807, 2.05) is 13.8 Å². The van der Waals surface area contributed by atoms with Crippen molar-refractivity contribution in [2.24, 2.45) is 0 Å². The van der Waals surface area contributed by atoms with Gasteiger partial charge in [0, 0.05) is 11.7 Å². The van der Waals surface area contributed by atoms with Gasteiger partial charge in [-0.15, -0.1) is 0 Å². The highest BCUT2D eigenvalue weighted by molar-refractivity contribution is 5.73. The lowest BCUT2D eigenvalue weighted by Crippen LogP contribution is -2.35. The minimum Gasteiger partial charge on any atom is -0.480 e. The highest BCUT2D eigenvalue weighted by Crippen LogP contribution is 2.17. The van der Waals surface area contributed by atoms with Gasteiger partial charge in [-0.1, -0.05) is 0 Å². The number of hydrogen-bond acceptors (Lipinski definition) is 2. The lowest BCUT2D eigenvalue weighted by atomic mass is 10.2. The van der Waals surface area contributed by atoms with Crippen LogP contribution in [0.25, 0.3) is 0 Å². The van der Waals surface area contributed by atoms with Crippen molar-refractivity contribution in [1.29, 1.82) is 0 Å². The number of halogens is 1. The lowest BCUT2D eigenvalue weighted by molar-refractivity contribution is -0.135. The predicted octanol–water partition coefficient (Wildman–Crippen LogP) is 2.13. The summed E-state index contributed by atoms with van der Waals surface area (Å²) in [6, 6.07) is 5.88. The van der Waals surface area contributed by atoms with E-state index in [-0.39, 0.29) is 18.4 Å². The maximum Gasteiger partial charge on any atom is 0.323 e. The fraction of sp³-hybridized carbons (Fsp3) is 0.364. The summed E-state index contributed by atoms with van der Waals surface area (Å²) >= 11 is 0. The van der Waals surface area contributed by atoms with Gasteiger partial charge in [0.2, 0.25) is 0 Å². The molecule has 0 spiro atoms. The number of benzene rings is 1. The Morgan fingerprint density at radius 3 is 2.33 bits per heavy atom. The van der Waals surface area contributed by atoms with Crippen LogP contribution < -0.4 is 4.90 Å². The van der Waals surface area contributed by atoms with Crippen molar-refractivity contribution in [3.63, 3.8) is 0 Å². The number of carboxylic acid groups (broad SMARTS) is 1. The molecule has 0 aliphatic heterocycles. The Morgan fingerprint density at radius 1 is 1.40 bits per heavy atom. The normalized spacial score (nSPS) is 10.4. The second-order valence-electron chi connectivity index (χ2n) is 3.59. The lowest BCUT2D eigenvalue weighted by Gasteiger charge is -2.27. The van der Waals surface area contributed by atoms with E-state index in [4.69, 9.17) is 5.11 Å². The summed E-state index contributed by atoms with van der Waals surface area (Å²) in [5.74, 6) is -1.22.